The van der Waals surface area contributed by atoms with Crippen LogP contribution in [0.4, 0.5) is 0 Å². The Morgan fingerprint density at radius 1 is 1.32 bits per heavy atom. The van der Waals surface area contributed by atoms with Crippen LogP contribution in [0.25, 0.3) is 10.2 Å². The molecule has 0 unspecified atom stereocenters. The summed E-state index contributed by atoms with van der Waals surface area (Å²) in [5.41, 5.74) is 2.72. The van der Waals surface area contributed by atoms with Crippen molar-refractivity contribution in [3.8, 4) is 0 Å². The molecule has 4 heteroatoms. The predicted molar refractivity (Wildman–Crippen MR) is 84.3 cm³/mol. The molecule has 19 heavy (non-hydrogen) atoms. The molecule has 2 heterocycles. The molecule has 0 saturated heterocycles. The van der Waals surface area contributed by atoms with Gasteiger partial charge >= 0.3 is 0 Å². The Labute approximate surface area is 122 Å². The minimum absolute atomic E-state index is 0.885. The van der Waals surface area contributed by atoms with E-state index in [4.69, 9.17) is 0 Å². The van der Waals surface area contributed by atoms with E-state index < -0.39 is 0 Å². The van der Waals surface area contributed by atoms with Crippen LogP contribution < -0.4 is 0 Å². The molecule has 2 aromatic heterocycles. The first-order chi connectivity index (χ1) is 9.15. The highest BCUT2D eigenvalue weighted by atomic mass is 32.2. The molecule has 2 nitrogen and oxygen atoms in total. The molecule has 0 spiro atoms. The number of aryl methyl sites for hydroxylation is 3. The fourth-order valence-corrected chi connectivity index (χ4v) is 4.84. The highest BCUT2D eigenvalue weighted by Crippen LogP contribution is 2.39. The number of aromatic nitrogens is 2. The van der Waals surface area contributed by atoms with Gasteiger partial charge in [0.05, 0.1) is 0 Å². The molecule has 0 bridgehead atoms. The van der Waals surface area contributed by atoms with Crippen molar-refractivity contribution in [3.63, 3.8) is 0 Å². The average Bonchev–Trinajstić information content (AvgIpc) is 2.73. The first kappa shape index (κ1) is 13.1. The Morgan fingerprint density at radius 3 is 2.89 bits per heavy atom. The van der Waals surface area contributed by atoms with E-state index in [0.29, 0.717) is 0 Å². The van der Waals surface area contributed by atoms with Gasteiger partial charge in [-0.25, -0.2) is 9.97 Å². The molecule has 100 valence electrons. The van der Waals surface area contributed by atoms with Gasteiger partial charge in [-0.15, -0.1) is 23.1 Å². The maximum Gasteiger partial charge on any atom is 0.128 e. The maximum absolute atomic E-state index is 4.67. The highest BCUT2D eigenvalue weighted by Gasteiger charge is 2.20. The van der Waals surface area contributed by atoms with Gasteiger partial charge in [0.25, 0.3) is 0 Å². The summed E-state index contributed by atoms with van der Waals surface area (Å²) in [6.07, 6.45) is 5.04. The quantitative estimate of drug-likeness (QED) is 0.471. The van der Waals surface area contributed by atoms with Crippen LogP contribution in [-0.2, 0) is 12.8 Å². The standard InChI is InChI=1S/C15H18N2S2/c1-9(2)8-18-14-13-11-6-4-5-7-12(11)19-15(13)17-10(3)16-14/h1,4-8H2,2-3H3. The van der Waals surface area contributed by atoms with Crippen molar-refractivity contribution in [2.24, 2.45) is 0 Å². The lowest BCUT2D eigenvalue weighted by Gasteiger charge is -2.11. The van der Waals surface area contributed by atoms with Crippen LogP contribution in [0, 0.1) is 6.92 Å². The van der Waals surface area contributed by atoms with Gasteiger partial charge in [-0.2, -0.15) is 0 Å². The van der Waals surface area contributed by atoms with Crippen LogP contribution in [0.5, 0.6) is 0 Å². The van der Waals surface area contributed by atoms with E-state index in [1.165, 1.54) is 47.0 Å². The zero-order valence-electron chi connectivity index (χ0n) is 11.5. The van der Waals surface area contributed by atoms with E-state index in [1.807, 2.05) is 18.3 Å². The second-order valence-electron chi connectivity index (χ2n) is 5.21. The van der Waals surface area contributed by atoms with Gasteiger partial charge in [0.1, 0.15) is 15.7 Å². The largest absolute Gasteiger partial charge is 0.226 e. The normalized spacial score (nSPS) is 14.6. The summed E-state index contributed by atoms with van der Waals surface area (Å²) in [5, 5.41) is 2.49. The second kappa shape index (κ2) is 5.25. The minimum atomic E-state index is 0.885. The average molecular weight is 290 g/mol. The number of hydrogen-bond donors (Lipinski definition) is 0. The van der Waals surface area contributed by atoms with Gasteiger partial charge in [-0.05, 0) is 45.1 Å². The zero-order chi connectivity index (χ0) is 13.4. The lowest BCUT2D eigenvalue weighted by molar-refractivity contribution is 0.699. The third-order valence-electron chi connectivity index (χ3n) is 3.35. The van der Waals surface area contributed by atoms with Crippen LogP contribution >= 0.6 is 23.1 Å². The molecule has 0 aliphatic heterocycles. The molecule has 0 N–H and O–H groups in total. The summed E-state index contributed by atoms with van der Waals surface area (Å²) in [6.45, 7) is 8.05. The summed E-state index contributed by atoms with van der Waals surface area (Å²) >= 11 is 3.68. The van der Waals surface area contributed by atoms with E-state index >= 15 is 0 Å². The van der Waals surface area contributed by atoms with Crippen molar-refractivity contribution in [1.29, 1.82) is 0 Å². The molecule has 1 aliphatic rings. The van der Waals surface area contributed by atoms with E-state index in [1.54, 1.807) is 16.6 Å². The van der Waals surface area contributed by atoms with Crippen molar-refractivity contribution in [2.45, 2.75) is 44.6 Å². The number of thiophene rings is 1. The Kier molecular flexibility index (Phi) is 3.63. The third-order valence-corrected chi connectivity index (χ3v) is 5.74. The Bertz CT molecular complexity index is 643. The zero-order valence-corrected chi connectivity index (χ0v) is 13.1. The van der Waals surface area contributed by atoms with Crippen molar-refractivity contribution in [3.05, 3.63) is 28.4 Å². The number of thioether (sulfide) groups is 1. The summed E-state index contributed by atoms with van der Waals surface area (Å²) in [7, 11) is 0. The van der Waals surface area contributed by atoms with Crippen LogP contribution in [0.2, 0.25) is 0 Å². The fraction of sp³-hybridized carbons (Fsp3) is 0.467. The van der Waals surface area contributed by atoms with Gasteiger partial charge in [-0.3, -0.25) is 0 Å². The summed E-state index contributed by atoms with van der Waals surface area (Å²) < 4.78 is 0. The van der Waals surface area contributed by atoms with Gasteiger partial charge in [0.2, 0.25) is 0 Å². The first-order valence-corrected chi connectivity index (χ1v) is 8.51. The molecule has 0 radical (unpaired) electrons. The molecule has 3 rings (SSSR count). The van der Waals surface area contributed by atoms with E-state index in [9.17, 15) is 0 Å². The van der Waals surface area contributed by atoms with Crippen LogP contribution in [0.15, 0.2) is 17.2 Å². The van der Waals surface area contributed by atoms with Crippen LogP contribution in [0.3, 0.4) is 0 Å². The third kappa shape index (κ3) is 2.56. The van der Waals surface area contributed by atoms with Crippen LogP contribution in [-0.4, -0.2) is 15.7 Å². The molecule has 2 aromatic rings. The predicted octanol–water partition coefficient (Wildman–Crippen LogP) is 4.55. The van der Waals surface area contributed by atoms with Gasteiger partial charge < -0.3 is 0 Å². The molecule has 0 amide bonds. The number of fused-ring (bicyclic) bond motifs is 3. The van der Waals surface area contributed by atoms with E-state index in [2.05, 4.69) is 23.5 Å². The Hall–Kier alpha value is -0.870. The highest BCUT2D eigenvalue weighted by molar-refractivity contribution is 7.99. The van der Waals surface area contributed by atoms with Crippen molar-refractivity contribution < 1.29 is 0 Å². The number of hydrogen-bond acceptors (Lipinski definition) is 4. The molecule has 0 fully saturated rings. The molecule has 0 atom stereocenters. The fourth-order valence-electron chi connectivity index (χ4n) is 2.52. The molecular weight excluding hydrogens is 272 g/mol. The molecule has 1 aliphatic carbocycles. The van der Waals surface area contributed by atoms with Gasteiger partial charge in [-0.1, -0.05) is 12.2 Å². The van der Waals surface area contributed by atoms with Gasteiger partial charge in [0, 0.05) is 16.0 Å². The lowest BCUT2D eigenvalue weighted by Crippen LogP contribution is -1.99. The van der Waals surface area contributed by atoms with Crippen molar-refractivity contribution in [2.75, 3.05) is 5.75 Å². The SMILES string of the molecule is C=C(C)CSc1nc(C)nc2sc3c(c12)CCCC3. The number of nitrogens with zero attached hydrogens (tertiary/aromatic N) is 2. The lowest BCUT2D eigenvalue weighted by atomic mass is 9.97. The summed E-state index contributed by atoms with van der Waals surface area (Å²) in [6, 6.07) is 0. The molecule has 0 saturated carbocycles. The van der Waals surface area contributed by atoms with Gasteiger partial charge in [0.15, 0.2) is 0 Å². The summed E-state index contributed by atoms with van der Waals surface area (Å²) in [5.74, 6) is 1.83. The molecular formula is C15H18N2S2. The molecule has 0 aromatic carbocycles. The van der Waals surface area contributed by atoms with Crippen LogP contribution in [0.1, 0.15) is 36.0 Å². The Morgan fingerprint density at radius 2 is 2.11 bits per heavy atom. The minimum Gasteiger partial charge on any atom is -0.226 e. The van der Waals surface area contributed by atoms with E-state index in [0.717, 1.165) is 16.6 Å². The Balaban J connectivity index is 2.13. The second-order valence-corrected chi connectivity index (χ2v) is 7.26. The first-order valence-electron chi connectivity index (χ1n) is 6.71. The monoisotopic (exact) mass is 290 g/mol. The van der Waals surface area contributed by atoms with E-state index in [-0.39, 0.29) is 0 Å². The maximum atomic E-state index is 4.67. The van der Waals surface area contributed by atoms with Crippen molar-refractivity contribution >= 4 is 33.3 Å². The number of rotatable bonds is 3. The summed E-state index contributed by atoms with van der Waals surface area (Å²) in [4.78, 5) is 12.0. The smallest absolute Gasteiger partial charge is 0.128 e. The topological polar surface area (TPSA) is 25.8 Å². The van der Waals surface area contributed by atoms with Crippen molar-refractivity contribution in [1.82, 2.24) is 9.97 Å².